The van der Waals surface area contributed by atoms with Crippen molar-refractivity contribution in [2.24, 2.45) is 0 Å². The Hall–Kier alpha value is -3.01. The van der Waals surface area contributed by atoms with E-state index in [0.717, 1.165) is 12.0 Å². The van der Waals surface area contributed by atoms with Gasteiger partial charge < -0.3 is 25.0 Å². The van der Waals surface area contributed by atoms with Crippen molar-refractivity contribution in [1.29, 1.82) is 0 Å². The molecule has 0 spiro atoms. The summed E-state index contributed by atoms with van der Waals surface area (Å²) in [4.78, 5) is 53.2. The lowest BCUT2D eigenvalue weighted by Gasteiger charge is -2.34. The van der Waals surface area contributed by atoms with E-state index in [0.29, 0.717) is 24.2 Å². The first-order valence-electron chi connectivity index (χ1n) is 12.3. The predicted molar refractivity (Wildman–Crippen MR) is 147 cm³/mol. The van der Waals surface area contributed by atoms with E-state index in [2.05, 4.69) is 21.9 Å². The van der Waals surface area contributed by atoms with Crippen LogP contribution in [0.25, 0.3) is 6.08 Å². The molecule has 1 aromatic carbocycles. The number of thioether (sulfide) groups is 1. The Morgan fingerprint density at radius 1 is 1.22 bits per heavy atom. The first kappa shape index (κ1) is 32.0. The van der Waals surface area contributed by atoms with Crippen LogP contribution in [0.15, 0.2) is 30.8 Å². The van der Waals surface area contributed by atoms with Crippen LogP contribution in [0.5, 0.6) is 0 Å². The number of benzene rings is 1. The SMILES string of the molecule is C=Cc1cccc(C(C(=O)NCC(=O)OC)N(CCCC)C(=O)C(CCSC)NC(=O)OC(C)(C)C)c1. The molecular formula is C27H41N3O6S. The number of esters is 1. The maximum atomic E-state index is 14.0. The van der Waals surface area contributed by atoms with E-state index in [9.17, 15) is 19.2 Å². The van der Waals surface area contributed by atoms with Gasteiger partial charge in [-0.25, -0.2) is 4.79 Å². The fraction of sp³-hybridized carbons (Fsp3) is 0.556. The van der Waals surface area contributed by atoms with E-state index < -0.39 is 41.6 Å². The quantitative estimate of drug-likeness (QED) is 0.347. The van der Waals surface area contributed by atoms with E-state index >= 15 is 0 Å². The van der Waals surface area contributed by atoms with Crippen molar-refractivity contribution in [2.45, 2.75) is 64.6 Å². The van der Waals surface area contributed by atoms with Crippen LogP contribution in [0.2, 0.25) is 0 Å². The molecule has 10 heteroatoms. The highest BCUT2D eigenvalue weighted by Crippen LogP contribution is 2.25. The van der Waals surface area contributed by atoms with Crippen LogP contribution < -0.4 is 10.6 Å². The van der Waals surface area contributed by atoms with Crippen LogP contribution in [0.4, 0.5) is 4.79 Å². The van der Waals surface area contributed by atoms with E-state index in [4.69, 9.17) is 4.74 Å². The molecule has 2 unspecified atom stereocenters. The first-order valence-corrected chi connectivity index (χ1v) is 13.7. The molecule has 9 nitrogen and oxygen atoms in total. The summed E-state index contributed by atoms with van der Waals surface area (Å²) in [5.41, 5.74) is 0.600. The van der Waals surface area contributed by atoms with Crippen molar-refractivity contribution < 1.29 is 28.7 Å². The number of amides is 3. The molecule has 0 fully saturated rings. The van der Waals surface area contributed by atoms with Crippen molar-refractivity contribution in [1.82, 2.24) is 15.5 Å². The minimum Gasteiger partial charge on any atom is -0.468 e. The van der Waals surface area contributed by atoms with Gasteiger partial charge in [-0.3, -0.25) is 14.4 Å². The molecule has 0 saturated heterocycles. The third-order valence-corrected chi connectivity index (χ3v) is 5.94. The molecule has 37 heavy (non-hydrogen) atoms. The second-order valence-electron chi connectivity index (χ2n) is 9.44. The Bertz CT molecular complexity index is 931. The summed E-state index contributed by atoms with van der Waals surface area (Å²) in [6.07, 6.45) is 4.62. The second-order valence-corrected chi connectivity index (χ2v) is 10.4. The minimum atomic E-state index is -1.04. The molecule has 0 aromatic heterocycles. The van der Waals surface area contributed by atoms with E-state index in [-0.39, 0.29) is 13.1 Å². The van der Waals surface area contributed by atoms with Crippen molar-refractivity contribution in [2.75, 3.05) is 32.2 Å². The number of methoxy groups -OCH3 is 1. The van der Waals surface area contributed by atoms with E-state index in [1.807, 2.05) is 19.2 Å². The molecule has 0 heterocycles. The molecule has 0 aliphatic rings. The molecule has 3 amide bonds. The first-order chi connectivity index (χ1) is 17.5. The predicted octanol–water partition coefficient (Wildman–Crippen LogP) is 3.94. The number of carbonyl (C=O) groups excluding carboxylic acids is 4. The van der Waals surface area contributed by atoms with Crippen molar-refractivity contribution in [3.63, 3.8) is 0 Å². The summed E-state index contributed by atoms with van der Waals surface area (Å²) in [6.45, 7) is 10.9. The van der Waals surface area contributed by atoms with Gasteiger partial charge in [-0.15, -0.1) is 0 Å². The van der Waals surface area contributed by atoms with Gasteiger partial charge in [-0.2, -0.15) is 11.8 Å². The Kier molecular flexibility index (Phi) is 13.8. The second kappa shape index (κ2) is 16.0. The molecule has 0 aliphatic heterocycles. The van der Waals surface area contributed by atoms with Gasteiger partial charge >= 0.3 is 12.1 Å². The Morgan fingerprint density at radius 3 is 2.49 bits per heavy atom. The Morgan fingerprint density at radius 2 is 1.92 bits per heavy atom. The lowest BCUT2D eigenvalue weighted by atomic mass is 9.99. The number of carbonyl (C=O) groups is 4. The molecule has 0 saturated carbocycles. The van der Waals surface area contributed by atoms with Crippen LogP contribution in [-0.4, -0.2) is 72.6 Å². The number of nitrogens with zero attached hydrogens (tertiary/aromatic N) is 1. The van der Waals surface area contributed by atoms with Crippen LogP contribution in [0.1, 0.15) is 64.1 Å². The minimum absolute atomic E-state index is 0.274. The number of ether oxygens (including phenoxy) is 2. The average molecular weight is 536 g/mol. The van der Waals surface area contributed by atoms with Crippen molar-refractivity contribution in [3.05, 3.63) is 42.0 Å². The van der Waals surface area contributed by atoms with Gasteiger partial charge in [0.15, 0.2) is 0 Å². The molecule has 1 aromatic rings. The summed E-state index contributed by atoms with van der Waals surface area (Å²) in [6, 6.07) is 5.20. The highest BCUT2D eigenvalue weighted by Gasteiger charge is 2.36. The van der Waals surface area contributed by atoms with Gasteiger partial charge in [0.05, 0.1) is 7.11 Å². The van der Waals surface area contributed by atoms with Gasteiger partial charge in [-0.05, 0) is 62.8 Å². The fourth-order valence-corrected chi connectivity index (χ4v) is 3.97. The molecule has 1 rings (SSSR count). The summed E-state index contributed by atoms with van der Waals surface area (Å²) in [5.74, 6) is -0.936. The Balaban J connectivity index is 3.48. The monoisotopic (exact) mass is 535 g/mol. The summed E-state index contributed by atoms with van der Waals surface area (Å²) < 4.78 is 10.0. The number of unbranched alkanes of at least 4 members (excludes halogenated alkanes) is 1. The normalized spacial score (nSPS) is 12.6. The molecular weight excluding hydrogens is 494 g/mol. The fourth-order valence-electron chi connectivity index (χ4n) is 3.50. The number of alkyl carbamates (subject to hydrolysis) is 1. The third kappa shape index (κ3) is 11.3. The Labute approximate surface area is 224 Å². The van der Waals surface area contributed by atoms with Gasteiger partial charge in [0, 0.05) is 6.54 Å². The highest BCUT2D eigenvalue weighted by atomic mass is 32.2. The highest BCUT2D eigenvalue weighted by molar-refractivity contribution is 7.98. The molecule has 2 N–H and O–H groups in total. The average Bonchev–Trinajstić information content (AvgIpc) is 2.85. The summed E-state index contributed by atoms with van der Waals surface area (Å²) >= 11 is 1.54. The van der Waals surface area contributed by atoms with Crippen molar-refractivity contribution >= 4 is 41.7 Å². The largest absolute Gasteiger partial charge is 0.468 e. The zero-order valence-electron chi connectivity index (χ0n) is 22.8. The number of hydrogen-bond donors (Lipinski definition) is 2. The topological polar surface area (TPSA) is 114 Å². The van der Waals surface area contributed by atoms with E-state index in [1.165, 1.54) is 12.0 Å². The van der Waals surface area contributed by atoms with Crippen LogP contribution >= 0.6 is 11.8 Å². The van der Waals surface area contributed by atoms with Crippen LogP contribution in [0.3, 0.4) is 0 Å². The molecule has 206 valence electrons. The lowest BCUT2D eigenvalue weighted by molar-refractivity contribution is -0.144. The molecule has 0 aliphatic carbocycles. The number of nitrogens with one attached hydrogen (secondary N) is 2. The van der Waals surface area contributed by atoms with Gasteiger partial charge in [0.1, 0.15) is 24.2 Å². The molecule has 2 atom stereocenters. The third-order valence-electron chi connectivity index (χ3n) is 5.29. The molecule has 0 radical (unpaired) electrons. The van der Waals surface area contributed by atoms with Gasteiger partial charge in [0.2, 0.25) is 11.8 Å². The van der Waals surface area contributed by atoms with Crippen LogP contribution in [0, 0.1) is 0 Å². The van der Waals surface area contributed by atoms with Crippen molar-refractivity contribution in [3.8, 4) is 0 Å². The maximum Gasteiger partial charge on any atom is 0.408 e. The number of hydrogen-bond acceptors (Lipinski definition) is 7. The van der Waals surface area contributed by atoms with Gasteiger partial charge in [0.25, 0.3) is 0 Å². The smallest absolute Gasteiger partial charge is 0.408 e. The standard InChI is InChI=1S/C27H41N3O6S/c1-8-10-15-30(25(33)21(14-16-37-7)29-26(34)36-27(3,4)5)23(24(32)28-18-22(31)35-6)20-13-11-12-19(9-2)17-20/h9,11-13,17,21,23H,2,8,10,14-16,18H2,1,3-7H3,(H,28,32)(H,29,34). The van der Waals surface area contributed by atoms with Crippen LogP contribution in [-0.2, 0) is 23.9 Å². The van der Waals surface area contributed by atoms with Gasteiger partial charge in [-0.1, -0.05) is 44.2 Å². The number of rotatable bonds is 14. The maximum absolute atomic E-state index is 14.0. The molecule has 0 bridgehead atoms. The lowest BCUT2D eigenvalue weighted by Crippen LogP contribution is -2.53. The van der Waals surface area contributed by atoms with E-state index in [1.54, 1.807) is 56.8 Å². The zero-order valence-corrected chi connectivity index (χ0v) is 23.6. The summed E-state index contributed by atoms with van der Waals surface area (Å²) in [5, 5.41) is 5.29. The zero-order chi connectivity index (χ0) is 28.0. The summed E-state index contributed by atoms with van der Waals surface area (Å²) in [7, 11) is 1.23.